The third-order valence-electron chi connectivity index (χ3n) is 14.3. The Morgan fingerprint density at radius 2 is 0.647 bits per heavy atom. The van der Waals surface area contributed by atoms with Gasteiger partial charge in [-0.25, -0.2) is 0 Å². The largest absolute Gasteiger partial charge is 0.309 e. The van der Waals surface area contributed by atoms with Crippen LogP contribution in [0.25, 0.3) is 132 Å². The van der Waals surface area contributed by atoms with Gasteiger partial charge in [0.1, 0.15) is 0 Å². The molecule has 0 radical (unpaired) electrons. The average Bonchev–Trinajstić information content (AvgIpc) is 3.94. The van der Waals surface area contributed by atoms with Crippen LogP contribution in [0, 0.1) is 0 Å². The Morgan fingerprint density at radius 1 is 0.221 bits per heavy atom. The van der Waals surface area contributed by atoms with Crippen LogP contribution in [0.15, 0.2) is 255 Å². The van der Waals surface area contributed by atoms with Crippen molar-refractivity contribution in [2.24, 2.45) is 0 Å². The summed E-state index contributed by atoms with van der Waals surface area (Å²) in [5, 5.41) is 12.4. The first-order valence-electron chi connectivity index (χ1n) is 23.5. The van der Waals surface area contributed by atoms with Crippen molar-refractivity contribution in [1.29, 1.82) is 0 Å². The minimum Gasteiger partial charge on any atom is -0.309 e. The van der Waals surface area contributed by atoms with Crippen molar-refractivity contribution < 1.29 is 0 Å². The molecule has 2 nitrogen and oxygen atoms in total. The summed E-state index contributed by atoms with van der Waals surface area (Å²) in [6.07, 6.45) is 0. The Hall–Kier alpha value is -8.98. The lowest BCUT2D eigenvalue weighted by Gasteiger charge is -2.19. The lowest BCUT2D eigenvalue weighted by molar-refractivity contribution is 1.18. The second kappa shape index (κ2) is 15.3. The van der Waals surface area contributed by atoms with Crippen LogP contribution in [0.3, 0.4) is 0 Å². The molecule has 0 N–H and O–H groups in total. The van der Waals surface area contributed by atoms with Crippen LogP contribution in [-0.2, 0) is 0 Å². The van der Waals surface area contributed by atoms with Crippen molar-refractivity contribution in [2.75, 3.05) is 0 Å². The van der Waals surface area contributed by atoms with Gasteiger partial charge in [0.2, 0.25) is 0 Å². The minimum absolute atomic E-state index is 1.15. The molecule has 316 valence electrons. The summed E-state index contributed by atoms with van der Waals surface area (Å²) in [6.45, 7) is 0. The molecule has 0 unspecified atom stereocenters. The molecule has 0 spiro atoms. The van der Waals surface area contributed by atoms with Crippen molar-refractivity contribution >= 4 is 75.9 Å². The molecule has 2 heteroatoms. The molecular weight excluding hydrogens is 821 g/mol. The molecule has 0 aliphatic heterocycles. The molecule has 2 aromatic heterocycles. The Kier molecular flexibility index (Phi) is 8.62. The monoisotopic (exact) mass is 862 g/mol. The van der Waals surface area contributed by atoms with E-state index in [4.69, 9.17) is 0 Å². The van der Waals surface area contributed by atoms with Crippen LogP contribution < -0.4 is 0 Å². The molecule has 0 fully saturated rings. The maximum Gasteiger partial charge on any atom is 0.0547 e. The Morgan fingerprint density at radius 3 is 1.21 bits per heavy atom. The molecule has 0 saturated heterocycles. The van der Waals surface area contributed by atoms with Crippen molar-refractivity contribution in [1.82, 2.24) is 9.13 Å². The summed E-state index contributed by atoms with van der Waals surface area (Å²) >= 11 is 0. The van der Waals surface area contributed by atoms with Crippen molar-refractivity contribution in [3.05, 3.63) is 255 Å². The predicted molar refractivity (Wildman–Crippen MR) is 289 cm³/mol. The van der Waals surface area contributed by atoms with Gasteiger partial charge in [-0.15, -0.1) is 0 Å². The predicted octanol–water partition coefficient (Wildman–Crippen LogP) is 18.0. The number of fused-ring (bicyclic) bond motifs is 9. The summed E-state index contributed by atoms with van der Waals surface area (Å²) in [5.74, 6) is 0. The first-order valence-corrected chi connectivity index (χ1v) is 23.5. The van der Waals surface area contributed by atoms with Gasteiger partial charge < -0.3 is 9.13 Å². The molecule has 12 aromatic carbocycles. The molecule has 0 aliphatic rings. The van der Waals surface area contributed by atoms with Crippen molar-refractivity contribution in [3.8, 4) is 55.9 Å². The van der Waals surface area contributed by atoms with Gasteiger partial charge in [0.05, 0.1) is 22.1 Å². The summed E-state index contributed by atoms with van der Waals surface area (Å²) in [4.78, 5) is 0. The van der Waals surface area contributed by atoms with E-state index in [-0.39, 0.29) is 0 Å². The third kappa shape index (κ3) is 5.78. The molecule has 2 heterocycles. The number of hydrogen-bond acceptors (Lipinski definition) is 0. The van der Waals surface area contributed by atoms with Gasteiger partial charge >= 0.3 is 0 Å². The lowest BCUT2D eigenvalue weighted by Crippen LogP contribution is -1.94. The summed E-state index contributed by atoms with van der Waals surface area (Å²) in [5.41, 5.74) is 16.8. The van der Waals surface area contributed by atoms with Crippen LogP contribution >= 0.6 is 0 Å². The highest BCUT2D eigenvalue weighted by molar-refractivity contribution is 6.25. The molecule has 68 heavy (non-hydrogen) atoms. The number of benzene rings is 12. The number of aromatic nitrogens is 2. The second-order valence-corrected chi connectivity index (χ2v) is 17.9. The molecule has 14 aromatic rings. The van der Waals surface area contributed by atoms with Crippen molar-refractivity contribution in [2.45, 2.75) is 0 Å². The normalized spacial score (nSPS) is 11.8. The Bertz CT molecular complexity index is 4080. The van der Waals surface area contributed by atoms with Gasteiger partial charge in [-0.3, -0.25) is 0 Å². The van der Waals surface area contributed by atoms with E-state index >= 15 is 0 Å². The van der Waals surface area contributed by atoms with E-state index in [1.54, 1.807) is 0 Å². The average molecular weight is 863 g/mol. The molecule has 0 amide bonds. The van der Waals surface area contributed by atoms with Gasteiger partial charge in [-0.05, 0) is 137 Å². The topological polar surface area (TPSA) is 9.86 Å². The van der Waals surface area contributed by atoms with E-state index in [1.165, 1.54) is 120 Å². The number of hydrogen-bond donors (Lipinski definition) is 0. The van der Waals surface area contributed by atoms with Gasteiger partial charge in [0, 0.05) is 32.9 Å². The Labute approximate surface area is 393 Å². The Balaban J connectivity index is 1.11. The first-order chi connectivity index (χ1) is 33.8. The SMILES string of the molecule is c1ccc(-c2cccc3ccc(-c4c5cccc(-c6cccc7c6c6ccccc6n7-c6ccccc6)c5cc5c(-c6cccc7c6c6ccccc6n7-c6ccccc6)cccc45)cc23)cc1. The van der Waals surface area contributed by atoms with Gasteiger partial charge in [0.25, 0.3) is 0 Å². The van der Waals surface area contributed by atoms with E-state index in [1.807, 2.05) is 0 Å². The zero-order valence-electron chi connectivity index (χ0n) is 37.1. The van der Waals surface area contributed by atoms with Crippen LogP contribution in [0.4, 0.5) is 0 Å². The maximum atomic E-state index is 2.50. The number of nitrogens with zero attached hydrogens (tertiary/aromatic N) is 2. The van der Waals surface area contributed by atoms with E-state index in [0.717, 1.165) is 11.4 Å². The van der Waals surface area contributed by atoms with Gasteiger partial charge in [0.15, 0.2) is 0 Å². The van der Waals surface area contributed by atoms with E-state index in [9.17, 15) is 0 Å². The maximum absolute atomic E-state index is 2.50. The smallest absolute Gasteiger partial charge is 0.0547 e. The highest BCUT2D eigenvalue weighted by atomic mass is 15.0. The quantitative estimate of drug-likeness (QED) is 0.147. The minimum atomic E-state index is 1.15. The lowest BCUT2D eigenvalue weighted by atomic mass is 9.84. The molecule has 0 saturated carbocycles. The number of para-hydroxylation sites is 4. The molecule has 0 aliphatic carbocycles. The van der Waals surface area contributed by atoms with Crippen molar-refractivity contribution in [3.63, 3.8) is 0 Å². The molecule has 0 atom stereocenters. The fraction of sp³-hybridized carbons (Fsp3) is 0. The molecule has 14 rings (SSSR count). The summed E-state index contributed by atoms with van der Waals surface area (Å²) in [6, 6.07) is 93.9. The standard InChI is InChI=1S/C66H42N2/c1-4-19-43(20-5-1)48-28-14-21-44-39-40-45(41-57(44)48)64-53-31-15-29-49(51-33-17-37-62-65(51)55-26-10-12-35-60(55)67(62)46-22-6-2-7-23-46)58(53)42-59-50(30-16-32-54(59)64)52-34-18-38-63-66(52)56-27-11-13-36-61(56)68(63)47-24-8-3-9-25-47/h1-42H. The van der Waals surface area contributed by atoms with Crippen LogP contribution in [0.1, 0.15) is 0 Å². The van der Waals surface area contributed by atoms with Gasteiger partial charge in [-0.2, -0.15) is 0 Å². The fourth-order valence-electron chi connectivity index (χ4n) is 11.4. The molecular formula is C66H42N2. The van der Waals surface area contributed by atoms with Crippen LogP contribution in [-0.4, -0.2) is 9.13 Å². The zero-order valence-corrected chi connectivity index (χ0v) is 37.1. The van der Waals surface area contributed by atoms with E-state index in [2.05, 4.69) is 264 Å². The fourth-order valence-corrected chi connectivity index (χ4v) is 11.4. The molecule has 0 bridgehead atoms. The van der Waals surface area contributed by atoms with Gasteiger partial charge in [-0.1, -0.05) is 194 Å². The summed E-state index contributed by atoms with van der Waals surface area (Å²) in [7, 11) is 0. The highest BCUT2D eigenvalue weighted by Crippen LogP contribution is 2.48. The first kappa shape index (κ1) is 38.3. The highest BCUT2D eigenvalue weighted by Gasteiger charge is 2.22. The van der Waals surface area contributed by atoms with E-state index in [0.29, 0.717) is 0 Å². The number of rotatable bonds is 6. The second-order valence-electron chi connectivity index (χ2n) is 17.9. The van der Waals surface area contributed by atoms with E-state index < -0.39 is 0 Å². The van der Waals surface area contributed by atoms with Crippen LogP contribution in [0.2, 0.25) is 0 Å². The zero-order chi connectivity index (χ0) is 44.7. The third-order valence-corrected chi connectivity index (χ3v) is 14.3. The summed E-state index contributed by atoms with van der Waals surface area (Å²) < 4.78 is 4.84. The van der Waals surface area contributed by atoms with Crippen LogP contribution in [0.5, 0.6) is 0 Å².